The largest absolute Gasteiger partial charge is 0.227 e. The fraction of sp³-hybridized carbons (Fsp3) is 0.182. The molecule has 0 bridgehead atoms. The molecule has 1 rings (SSSR count). The molecule has 0 saturated carbocycles. The highest BCUT2D eigenvalue weighted by atomic mass is 79.9. The van der Waals surface area contributed by atoms with Crippen molar-refractivity contribution in [2.24, 2.45) is 4.40 Å². The third kappa shape index (κ3) is 4.63. The average molecular weight is 270 g/mol. The maximum Gasteiger partial charge on any atom is 0.0694 e. The molecule has 14 heavy (non-hydrogen) atoms. The minimum atomic E-state index is 1.02. The molecule has 0 aliphatic heterocycles. The van der Waals surface area contributed by atoms with Crippen LogP contribution in [0.5, 0.6) is 0 Å². The van der Waals surface area contributed by atoms with Crippen LogP contribution in [-0.2, 0) is 6.42 Å². The molecule has 1 aromatic carbocycles. The van der Waals surface area contributed by atoms with Crippen LogP contribution in [0.15, 0.2) is 44.6 Å². The molecule has 0 aliphatic rings. The summed E-state index contributed by atoms with van der Waals surface area (Å²) in [5.74, 6) is 0. The van der Waals surface area contributed by atoms with E-state index in [0.29, 0.717) is 0 Å². The number of halogens is 1. The van der Waals surface area contributed by atoms with E-state index in [4.69, 9.17) is 0 Å². The van der Waals surface area contributed by atoms with Gasteiger partial charge in [-0.05, 0) is 41.1 Å². The molecule has 0 amide bonds. The lowest BCUT2D eigenvalue weighted by molar-refractivity contribution is 1.00. The Balaban J connectivity index is 2.35. The summed E-state index contributed by atoms with van der Waals surface area (Å²) in [7, 11) is 0. The number of rotatable bonds is 5. The summed E-state index contributed by atoms with van der Waals surface area (Å²) in [6.07, 6.45) is 4.20. The van der Waals surface area contributed by atoms with Gasteiger partial charge in [0.2, 0.25) is 0 Å². The fourth-order valence-corrected chi connectivity index (χ4v) is 1.95. The van der Waals surface area contributed by atoms with Crippen molar-refractivity contribution in [1.82, 2.24) is 0 Å². The van der Waals surface area contributed by atoms with Crippen molar-refractivity contribution in [3.05, 3.63) is 45.8 Å². The molecule has 0 spiro atoms. The first-order valence-electron chi connectivity index (χ1n) is 4.35. The van der Waals surface area contributed by atoms with Crippen LogP contribution in [0.3, 0.4) is 0 Å². The Morgan fingerprint density at radius 3 is 2.79 bits per heavy atom. The highest BCUT2D eigenvalue weighted by Gasteiger charge is 1.91. The van der Waals surface area contributed by atoms with Gasteiger partial charge in [0, 0.05) is 11.9 Å². The van der Waals surface area contributed by atoms with E-state index in [2.05, 4.69) is 57.4 Å². The second-order valence-electron chi connectivity index (χ2n) is 2.75. The van der Waals surface area contributed by atoms with E-state index in [1.54, 1.807) is 0 Å². The molecular formula is C11H12BrNS. The standard InChI is InChI=1S/C11H12BrNS/c1-13-14-11(12)9-5-8-10-6-3-2-4-7-10/h2-4,6-7,9H,1,5,8H2/b11-9-. The van der Waals surface area contributed by atoms with Crippen LogP contribution in [-0.4, -0.2) is 6.72 Å². The monoisotopic (exact) mass is 269 g/mol. The maximum absolute atomic E-state index is 3.71. The lowest BCUT2D eigenvalue weighted by Gasteiger charge is -1.97. The molecule has 1 aromatic rings. The van der Waals surface area contributed by atoms with Gasteiger partial charge in [0.05, 0.1) is 3.81 Å². The van der Waals surface area contributed by atoms with E-state index in [9.17, 15) is 0 Å². The molecule has 0 unspecified atom stereocenters. The molecule has 0 atom stereocenters. The minimum Gasteiger partial charge on any atom is -0.227 e. The molecular weight excluding hydrogens is 258 g/mol. The van der Waals surface area contributed by atoms with E-state index in [-0.39, 0.29) is 0 Å². The number of allylic oxidation sites excluding steroid dienone is 1. The SMILES string of the molecule is C=NS/C(Br)=C\CCc1ccccc1. The van der Waals surface area contributed by atoms with Gasteiger partial charge >= 0.3 is 0 Å². The molecule has 0 aromatic heterocycles. The molecule has 1 nitrogen and oxygen atoms in total. The van der Waals surface area contributed by atoms with E-state index < -0.39 is 0 Å². The normalized spacial score (nSPS) is 11.4. The van der Waals surface area contributed by atoms with Gasteiger partial charge in [0.25, 0.3) is 0 Å². The van der Waals surface area contributed by atoms with Crippen molar-refractivity contribution >= 4 is 34.6 Å². The van der Waals surface area contributed by atoms with Gasteiger partial charge < -0.3 is 0 Å². The van der Waals surface area contributed by atoms with Crippen LogP contribution in [0.25, 0.3) is 0 Å². The summed E-state index contributed by atoms with van der Waals surface area (Å²) in [5, 5.41) is 0. The molecule has 3 heteroatoms. The number of benzene rings is 1. The third-order valence-electron chi connectivity index (χ3n) is 1.73. The van der Waals surface area contributed by atoms with Crippen molar-refractivity contribution in [3.63, 3.8) is 0 Å². The minimum absolute atomic E-state index is 1.02. The van der Waals surface area contributed by atoms with E-state index in [0.717, 1.165) is 16.7 Å². The van der Waals surface area contributed by atoms with Crippen LogP contribution in [0, 0.1) is 0 Å². The Bertz CT molecular complexity index is 308. The van der Waals surface area contributed by atoms with Gasteiger partial charge in [-0.1, -0.05) is 36.4 Å². The fourth-order valence-electron chi connectivity index (χ4n) is 1.10. The maximum atomic E-state index is 3.71. The van der Waals surface area contributed by atoms with Crippen LogP contribution >= 0.6 is 27.9 Å². The second kappa shape index (κ2) is 6.85. The summed E-state index contributed by atoms with van der Waals surface area (Å²) in [6, 6.07) is 10.4. The van der Waals surface area contributed by atoms with E-state index in [1.165, 1.54) is 17.5 Å². The Kier molecular flexibility index (Phi) is 5.64. The van der Waals surface area contributed by atoms with Gasteiger partial charge in [-0.3, -0.25) is 0 Å². The zero-order valence-electron chi connectivity index (χ0n) is 7.82. The van der Waals surface area contributed by atoms with Crippen LogP contribution in [0.2, 0.25) is 0 Å². The van der Waals surface area contributed by atoms with Crippen LogP contribution in [0.1, 0.15) is 12.0 Å². The predicted octanol–water partition coefficient (Wildman–Crippen LogP) is 4.20. The number of aryl methyl sites for hydroxylation is 1. The molecule has 0 radical (unpaired) electrons. The first kappa shape index (κ1) is 11.5. The summed E-state index contributed by atoms with van der Waals surface area (Å²) < 4.78 is 4.74. The zero-order chi connectivity index (χ0) is 10.2. The number of hydrogen-bond donors (Lipinski definition) is 0. The van der Waals surface area contributed by atoms with Crippen molar-refractivity contribution < 1.29 is 0 Å². The molecule has 0 saturated heterocycles. The molecule has 74 valence electrons. The third-order valence-corrected chi connectivity index (χ3v) is 2.96. The molecule has 0 N–H and O–H groups in total. The van der Waals surface area contributed by atoms with Gasteiger partial charge in [-0.25, -0.2) is 4.40 Å². The van der Waals surface area contributed by atoms with Crippen molar-refractivity contribution in [2.45, 2.75) is 12.8 Å². The summed E-state index contributed by atoms with van der Waals surface area (Å²) in [6.45, 7) is 3.41. The summed E-state index contributed by atoms with van der Waals surface area (Å²) >= 11 is 4.76. The van der Waals surface area contributed by atoms with Gasteiger partial charge in [0.1, 0.15) is 0 Å². The number of nitrogens with zero attached hydrogens (tertiary/aromatic N) is 1. The van der Waals surface area contributed by atoms with Crippen LogP contribution < -0.4 is 0 Å². The first-order chi connectivity index (χ1) is 6.83. The quantitative estimate of drug-likeness (QED) is 0.577. The molecule has 0 heterocycles. The Morgan fingerprint density at radius 1 is 1.43 bits per heavy atom. The van der Waals surface area contributed by atoms with Crippen molar-refractivity contribution in [2.75, 3.05) is 0 Å². The topological polar surface area (TPSA) is 12.4 Å². The lowest BCUT2D eigenvalue weighted by atomic mass is 10.1. The molecule has 0 fully saturated rings. The Hall–Kier alpha value is -0.540. The Labute approximate surface area is 97.6 Å². The zero-order valence-corrected chi connectivity index (χ0v) is 10.2. The smallest absolute Gasteiger partial charge is 0.0694 e. The van der Waals surface area contributed by atoms with Crippen molar-refractivity contribution in [3.8, 4) is 0 Å². The predicted molar refractivity (Wildman–Crippen MR) is 68.9 cm³/mol. The molecule has 0 aliphatic carbocycles. The summed E-state index contributed by atoms with van der Waals surface area (Å²) in [5.41, 5.74) is 1.36. The summed E-state index contributed by atoms with van der Waals surface area (Å²) in [4.78, 5) is 0. The van der Waals surface area contributed by atoms with Crippen LogP contribution in [0.4, 0.5) is 0 Å². The van der Waals surface area contributed by atoms with Gasteiger partial charge in [-0.2, -0.15) is 0 Å². The van der Waals surface area contributed by atoms with E-state index in [1.807, 2.05) is 6.07 Å². The first-order valence-corrected chi connectivity index (χ1v) is 5.92. The second-order valence-corrected chi connectivity index (χ2v) is 5.01. The highest BCUT2D eigenvalue weighted by Crippen LogP contribution is 2.23. The van der Waals surface area contributed by atoms with Gasteiger partial charge in [0.15, 0.2) is 0 Å². The van der Waals surface area contributed by atoms with Crippen molar-refractivity contribution in [1.29, 1.82) is 0 Å². The van der Waals surface area contributed by atoms with Gasteiger partial charge in [-0.15, -0.1) is 0 Å². The number of hydrogen-bond acceptors (Lipinski definition) is 2. The Morgan fingerprint density at radius 2 is 2.14 bits per heavy atom. The highest BCUT2D eigenvalue weighted by molar-refractivity contribution is 9.14. The lowest BCUT2D eigenvalue weighted by Crippen LogP contribution is -1.81. The van der Waals surface area contributed by atoms with E-state index >= 15 is 0 Å². The average Bonchev–Trinajstić information content (AvgIpc) is 2.20.